The third kappa shape index (κ3) is 5.39. The topological polar surface area (TPSA) is 80.2 Å². The van der Waals surface area contributed by atoms with Crippen molar-refractivity contribution in [2.45, 2.75) is 26.3 Å². The lowest BCUT2D eigenvalue weighted by Gasteiger charge is -2.40. The Kier molecular flexibility index (Phi) is 7.34. The summed E-state index contributed by atoms with van der Waals surface area (Å²) in [4.78, 5) is 32.0. The number of nitrogens with zero attached hydrogens (tertiary/aromatic N) is 2. The molecule has 1 amide bonds. The van der Waals surface area contributed by atoms with Crippen LogP contribution < -0.4 is 10.1 Å². The Balaban J connectivity index is 1.50. The summed E-state index contributed by atoms with van der Waals surface area (Å²) in [7, 11) is 0. The highest BCUT2D eigenvalue weighted by molar-refractivity contribution is 8.13. The summed E-state index contributed by atoms with van der Waals surface area (Å²) in [6.07, 6.45) is 1.02. The van der Waals surface area contributed by atoms with Gasteiger partial charge in [-0.3, -0.25) is 4.79 Å². The van der Waals surface area contributed by atoms with Crippen LogP contribution in [-0.2, 0) is 14.3 Å². The molecular formula is C25H27N3O4S. The van der Waals surface area contributed by atoms with Crippen LogP contribution in [0.15, 0.2) is 70.9 Å². The van der Waals surface area contributed by atoms with E-state index in [1.807, 2.05) is 49.4 Å². The summed E-state index contributed by atoms with van der Waals surface area (Å²) < 4.78 is 10.9. The number of thioether (sulfide) groups is 1. The van der Waals surface area contributed by atoms with Gasteiger partial charge in [-0.1, -0.05) is 42.1 Å². The summed E-state index contributed by atoms with van der Waals surface area (Å²) in [5.74, 6) is 1.08. The van der Waals surface area contributed by atoms with Gasteiger partial charge in [-0.25, -0.2) is 9.79 Å². The number of rotatable bonds is 7. The third-order valence-corrected chi connectivity index (χ3v) is 6.45. The molecular weight excluding hydrogens is 438 g/mol. The van der Waals surface area contributed by atoms with Crippen LogP contribution in [0.3, 0.4) is 0 Å². The van der Waals surface area contributed by atoms with Gasteiger partial charge in [0.15, 0.2) is 11.8 Å². The van der Waals surface area contributed by atoms with Gasteiger partial charge in [0, 0.05) is 18.0 Å². The average molecular weight is 466 g/mol. The molecule has 2 heterocycles. The maximum Gasteiger partial charge on any atom is 0.338 e. The zero-order chi connectivity index (χ0) is 23.2. The molecule has 1 saturated heterocycles. The molecule has 1 atom stereocenters. The third-order valence-electron chi connectivity index (χ3n) is 5.38. The quantitative estimate of drug-likeness (QED) is 0.611. The minimum atomic E-state index is -0.339. The van der Waals surface area contributed by atoms with E-state index >= 15 is 0 Å². The van der Waals surface area contributed by atoms with E-state index in [4.69, 9.17) is 9.47 Å². The van der Waals surface area contributed by atoms with E-state index in [9.17, 15) is 9.59 Å². The molecule has 0 spiro atoms. The van der Waals surface area contributed by atoms with Crippen molar-refractivity contribution in [1.82, 2.24) is 4.90 Å². The van der Waals surface area contributed by atoms with Crippen molar-refractivity contribution in [3.05, 3.63) is 71.4 Å². The number of benzene rings is 2. The molecule has 0 saturated carbocycles. The summed E-state index contributed by atoms with van der Waals surface area (Å²) in [5, 5.41) is 3.79. The Bertz CT molecular complexity index is 1070. The zero-order valence-electron chi connectivity index (χ0n) is 18.7. The molecule has 0 unspecified atom stereocenters. The van der Waals surface area contributed by atoms with Gasteiger partial charge in [-0.2, -0.15) is 0 Å². The van der Waals surface area contributed by atoms with Crippen LogP contribution in [0.1, 0.15) is 31.9 Å². The number of carbonyl (C=O) groups is 2. The molecule has 2 aromatic carbocycles. The predicted molar refractivity (Wildman–Crippen MR) is 130 cm³/mol. The number of anilines is 1. The van der Waals surface area contributed by atoms with Crippen LogP contribution >= 0.6 is 11.8 Å². The molecule has 0 aliphatic carbocycles. The van der Waals surface area contributed by atoms with Crippen molar-refractivity contribution in [1.29, 1.82) is 0 Å². The second-order valence-corrected chi connectivity index (χ2v) is 8.75. The fourth-order valence-corrected chi connectivity index (χ4v) is 4.92. The van der Waals surface area contributed by atoms with E-state index in [1.54, 1.807) is 30.8 Å². The number of amidine groups is 1. The number of nitrogens with one attached hydrogen (secondary N) is 1. The van der Waals surface area contributed by atoms with Gasteiger partial charge in [-0.15, -0.1) is 0 Å². The second kappa shape index (κ2) is 10.6. The van der Waals surface area contributed by atoms with E-state index in [0.717, 1.165) is 29.4 Å². The second-order valence-electron chi connectivity index (χ2n) is 7.68. The number of amides is 1. The lowest BCUT2D eigenvalue weighted by Crippen LogP contribution is -2.42. The van der Waals surface area contributed by atoms with Crippen LogP contribution in [0.25, 0.3) is 0 Å². The molecule has 33 heavy (non-hydrogen) atoms. The van der Waals surface area contributed by atoms with Crippen LogP contribution in [0.2, 0.25) is 0 Å². The summed E-state index contributed by atoms with van der Waals surface area (Å²) >= 11 is 1.71. The number of hydrogen-bond acceptors (Lipinski definition) is 7. The van der Waals surface area contributed by atoms with E-state index in [2.05, 4.69) is 15.2 Å². The first-order valence-electron chi connectivity index (χ1n) is 11.0. The Labute approximate surface area is 197 Å². The van der Waals surface area contributed by atoms with E-state index in [-0.39, 0.29) is 24.5 Å². The smallest absolute Gasteiger partial charge is 0.338 e. The Hall–Kier alpha value is -3.26. The number of hydrogen-bond donors (Lipinski definition) is 1. The standard InChI is InChI=1S/C25H27N3O4S/c1-3-31-24(30)22-17(2)26-25-28(14-7-15-33-25)23(22)18-10-12-19(13-11-18)27-21(29)16-32-20-8-5-4-6-9-20/h4-6,8-13,23H,3,7,14-16H2,1-2H3,(H,27,29)/t23-/m0/s1. The van der Waals surface area contributed by atoms with E-state index < -0.39 is 0 Å². The molecule has 4 rings (SSSR count). The highest BCUT2D eigenvalue weighted by Crippen LogP contribution is 2.40. The number of para-hydroxylation sites is 1. The lowest BCUT2D eigenvalue weighted by molar-refractivity contribution is -0.139. The van der Waals surface area contributed by atoms with Crippen LogP contribution in [0.5, 0.6) is 5.75 Å². The summed E-state index contributed by atoms with van der Waals surface area (Å²) in [6, 6.07) is 16.5. The largest absolute Gasteiger partial charge is 0.484 e. The first kappa shape index (κ1) is 22.9. The summed E-state index contributed by atoms with van der Waals surface area (Å²) in [5.41, 5.74) is 2.87. The van der Waals surface area contributed by atoms with Gasteiger partial charge in [-0.05, 0) is 50.1 Å². The molecule has 172 valence electrons. The molecule has 2 aromatic rings. The minimum Gasteiger partial charge on any atom is -0.484 e. The molecule has 0 aromatic heterocycles. The lowest BCUT2D eigenvalue weighted by atomic mass is 9.94. The Morgan fingerprint density at radius 2 is 1.91 bits per heavy atom. The highest BCUT2D eigenvalue weighted by Gasteiger charge is 2.37. The zero-order valence-corrected chi connectivity index (χ0v) is 19.6. The van der Waals surface area contributed by atoms with Gasteiger partial charge >= 0.3 is 5.97 Å². The first-order valence-corrected chi connectivity index (χ1v) is 12.0. The molecule has 0 bridgehead atoms. The molecule has 1 fully saturated rings. The fraction of sp³-hybridized carbons (Fsp3) is 0.320. The van der Waals surface area contributed by atoms with E-state index in [0.29, 0.717) is 29.3 Å². The van der Waals surface area contributed by atoms with Gasteiger partial charge in [0.2, 0.25) is 0 Å². The van der Waals surface area contributed by atoms with E-state index in [1.165, 1.54) is 0 Å². The average Bonchev–Trinajstić information content (AvgIpc) is 2.83. The molecule has 2 aliphatic rings. The van der Waals surface area contributed by atoms with Gasteiger partial charge in [0.05, 0.1) is 23.9 Å². The van der Waals surface area contributed by atoms with Crippen molar-refractivity contribution in [3.8, 4) is 5.75 Å². The number of carbonyl (C=O) groups excluding carboxylic acids is 2. The predicted octanol–water partition coefficient (Wildman–Crippen LogP) is 4.39. The highest BCUT2D eigenvalue weighted by atomic mass is 32.2. The Morgan fingerprint density at radius 3 is 2.64 bits per heavy atom. The number of allylic oxidation sites excluding steroid dienone is 1. The monoisotopic (exact) mass is 465 g/mol. The molecule has 1 N–H and O–H groups in total. The van der Waals surface area contributed by atoms with Crippen LogP contribution in [-0.4, -0.2) is 47.5 Å². The van der Waals surface area contributed by atoms with Crippen molar-refractivity contribution >= 4 is 34.5 Å². The fourth-order valence-electron chi connectivity index (χ4n) is 3.90. The normalized spacial score (nSPS) is 17.7. The number of fused-ring (bicyclic) bond motifs is 1. The molecule has 7 nitrogen and oxygen atoms in total. The Morgan fingerprint density at radius 1 is 1.15 bits per heavy atom. The maximum atomic E-state index is 12.8. The van der Waals surface area contributed by atoms with Crippen molar-refractivity contribution in [2.75, 3.05) is 30.8 Å². The summed E-state index contributed by atoms with van der Waals surface area (Å²) in [6.45, 7) is 4.72. The van der Waals surface area contributed by atoms with Crippen molar-refractivity contribution in [3.63, 3.8) is 0 Å². The van der Waals surface area contributed by atoms with Crippen LogP contribution in [0, 0.1) is 0 Å². The minimum absolute atomic E-state index is 0.0752. The van der Waals surface area contributed by atoms with Crippen molar-refractivity contribution < 1.29 is 19.1 Å². The number of ether oxygens (including phenoxy) is 2. The van der Waals surface area contributed by atoms with Gasteiger partial charge < -0.3 is 19.7 Å². The first-order chi connectivity index (χ1) is 16.1. The maximum absolute atomic E-state index is 12.8. The van der Waals surface area contributed by atoms with Crippen molar-refractivity contribution in [2.24, 2.45) is 4.99 Å². The molecule has 2 aliphatic heterocycles. The number of aliphatic imine (C=N–C) groups is 1. The number of esters is 1. The van der Waals surface area contributed by atoms with Gasteiger partial charge in [0.1, 0.15) is 5.75 Å². The van der Waals surface area contributed by atoms with Crippen LogP contribution in [0.4, 0.5) is 5.69 Å². The molecule has 0 radical (unpaired) electrons. The van der Waals surface area contributed by atoms with Gasteiger partial charge in [0.25, 0.3) is 5.91 Å². The SMILES string of the molecule is CCOC(=O)C1=C(C)N=C2SCCCN2[C@H]1c1ccc(NC(=O)COc2ccccc2)cc1. The molecule has 8 heteroatoms.